The predicted octanol–water partition coefficient (Wildman–Crippen LogP) is 2.39. The molecule has 1 fully saturated rings. The number of nitrogens with two attached hydrogens (primary N) is 1. The SMILES string of the molecule is Cc1c(O)ccc(CC(N)=O)c1C1CCCC1. The van der Waals surface area contributed by atoms with Crippen molar-refractivity contribution in [2.45, 2.75) is 44.9 Å². The van der Waals surface area contributed by atoms with Gasteiger partial charge in [-0.15, -0.1) is 0 Å². The Hall–Kier alpha value is -1.51. The van der Waals surface area contributed by atoms with Crippen LogP contribution in [0.2, 0.25) is 0 Å². The van der Waals surface area contributed by atoms with Crippen molar-refractivity contribution >= 4 is 5.91 Å². The molecule has 0 radical (unpaired) electrons. The first-order valence-corrected chi connectivity index (χ1v) is 6.19. The summed E-state index contributed by atoms with van der Waals surface area (Å²) in [7, 11) is 0. The highest BCUT2D eigenvalue weighted by atomic mass is 16.3. The maximum absolute atomic E-state index is 11.1. The zero-order valence-electron chi connectivity index (χ0n) is 10.2. The van der Waals surface area contributed by atoms with E-state index in [1.165, 1.54) is 12.8 Å². The van der Waals surface area contributed by atoms with Gasteiger partial charge in [-0.25, -0.2) is 0 Å². The molecule has 0 aromatic heterocycles. The number of primary amides is 1. The standard InChI is InChI=1S/C14H19NO2/c1-9-12(16)7-6-11(8-13(15)17)14(9)10-4-2-3-5-10/h6-7,10,16H,2-5,8H2,1H3,(H2,15,17). The highest BCUT2D eigenvalue weighted by molar-refractivity contribution is 5.77. The molecule has 1 aliphatic rings. The average Bonchev–Trinajstić information content (AvgIpc) is 2.76. The Morgan fingerprint density at radius 2 is 2.06 bits per heavy atom. The zero-order chi connectivity index (χ0) is 12.4. The molecule has 92 valence electrons. The Labute approximate surface area is 102 Å². The van der Waals surface area contributed by atoms with Crippen LogP contribution in [0.4, 0.5) is 0 Å². The van der Waals surface area contributed by atoms with E-state index < -0.39 is 0 Å². The molecule has 1 aromatic rings. The Morgan fingerprint density at radius 1 is 1.41 bits per heavy atom. The smallest absolute Gasteiger partial charge is 0.221 e. The minimum absolute atomic E-state index is 0.271. The number of hydrogen-bond donors (Lipinski definition) is 2. The number of carbonyl (C=O) groups is 1. The molecule has 0 spiro atoms. The van der Waals surface area contributed by atoms with E-state index in [0.717, 1.165) is 29.5 Å². The topological polar surface area (TPSA) is 63.3 Å². The van der Waals surface area contributed by atoms with E-state index in [2.05, 4.69) is 0 Å². The lowest BCUT2D eigenvalue weighted by atomic mass is 9.87. The summed E-state index contributed by atoms with van der Waals surface area (Å²) >= 11 is 0. The lowest BCUT2D eigenvalue weighted by molar-refractivity contribution is -0.117. The summed E-state index contributed by atoms with van der Waals surface area (Å²) in [5.41, 5.74) is 8.33. The summed E-state index contributed by atoms with van der Waals surface area (Å²) < 4.78 is 0. The van der Waals surface area contributed by atoms with Crippen LogP contribution in [0.15, 0.2) is 12.1 Å². The summed E-state index contributed by atoms with van der Waals surface area (Å²) in [6.07, 6.45) is 5.03. The summed E-state index contributed by atoms with van der Waals surface area (Å²) in [5.74, 6) is 0.492. The van der Waals surface area contributed by atoms with Crippen LogP contribution in [-0.2, 0) is 11.2 Å². The molecule has 0 bridgehead atoms. The van der Waals surface area contributed by atoms with Gasteiger partial charge in [0.1, 0.15) is 5.75 Å². The molecule has 2 rings (SSSR count). The van der Waals surface area contributed by atoms with E-state index >= 15 is 0 Å². The molecule has 1 amide bonds. The fraction of sp³-hybridized carbons (Fsp3) is 0.500. The minimum Gasteiger partial charge on any atom is -0.508 e. The van der Waals surface area contributed by atoms with E-state index in [1.807, 2.05) is 13.0 Å². The molecular weight excluding hydrogens is 214 g/mol. The molecule has 17 heavy (non-hydrogen) atoms. The summed E-state index contributed by atoms with van der Waals surface area (Å²) in [6, 6.07) is 3.49. The van der Waals surface area contributed by atoms with Gasteiger partial charge in [0.25, 0.3) is 0 Å². The second-order valence-corrected chi connectivity index (χ2v) is 4.91. The molecule has 0 unspecified atom stereocenters. The number of hydrogen-bond acceptors (Lipinski definition) is 2. The largest absolute Gasteiger partial charge is 0.508 e. The summed E-state index contributed by atoms with van der Waals surface area (Å²) in [6.45, 7) is 1.92. The second kappa shape index (κ2) is 4.78. The van der Waals surface area contributed by atoms with Gasteiger partial charge < -0.3 is 10.8 Å². The van der Waals surface area contributed by atoms with E-state index in [9.17, 15) is 9.90 Å². The number of carbonyl (C=O) groups excluding carboxylic acids is 1. The molecule has 3 N–H and O–H groups in total. The van der Waals surface area contributed by atoms with Gasteiger partial charge in [-0.1, -0.05) is 18.9 Å². The van der Waals surface area contributed by atoms with Gasteiger partial charge in [0.05, 0.1) is 6.42 Å². The van der Waals surface area contributed by atoms with Crippen LogP contribution in [0, 0.1) is 6.92 Å². The normalized spacial score (nSPS) is 16.3. The quantitative estimate of drug-likeness (QED) is 0.842. The van der Waals surface area contributed by atoms with Crippen LogP contribution in [0.25, 0.3) is 0 Å². The molecular formula is C14H19NO2. The first-order valence-electron chi connectivity index (χ1n) is 6.19. The Morgan fingerprint density at radius 3 is 2.65 bits per heavy atom. The fourth-order valence-corrected chi connectivity index (χ4v) is 2.90. The van der Waals surface area contributed by atoms with Crippen LogP contribution >= 0.6 is 0 Å². The van der Waals surface area contributed by atoms with Crippen molar-refractivity contribution < 1.29 is 9.90 Å². The first kappa shape index (κ1) is 12.0. The van der Waals surface area contributed by atoms with E-state index in [0.29, 0.717) is 11.7 Å². The third-order valence-electron chi connectivity index (χ3n) is 3.70. The molecule has 1 aliphatic carbocycles. The fourth-order valence-electron chi connectivity index (χ4n) is 2.90. The van der Waals surface area contributed by atoms with Crippen molar-refractivity contribution in [2.75, 3.05) is 0 Å². The van der Waals surface area contributed by atoms with Crippen LogP contribution in [0.3, 0.4) is 0 Å². The maximum Gasteiger partial charge on any atom is 0.221 e. The number of rotatable bonds is 3. The van der Waals surface area contributed by atoms with Crippen molar-refractivity contribution in [3.63, 3.8) is 0 Å². The Balaban J connectivity index is 2.43. The third kappa shape index (κ3) is 2.43. The van der Waals surface area contributed by atoms with E-state index in [1.54, 1.807) is 6.07 Å². The summed E-state index contributed by atoms with van der Waals surface area (Å²) in [5, 5.41) is 9.80. The lowest BCUT2D eigenvalue weighted by Crippen LogP contribution is -2.16. The zero-order valence-corrected chi connectivity index (χ0v) is 10.2. The number of amides is 1. The molecule has 0 saturated heterocycles. The lowest BCUT2D eigenvalue weighted by Gasteiger charge is -2.18. The predicted molar refractivity (Wildman–Crippen MR) is 67.0 cm³/mol. The Bertz CT molecular complexity index is 434. The monoisotopic (exact) mass is 233 g/mol. The number of aromatic hydroxyl groups is 1. The maximum atomic E-state index is 11.1. The van der Waals surface area contributed by atoms with E-state index in [-0.39, 0.29) is 12.3 Å². The van der Waals surface area contributed by atoms with Crippen LogP contribution < -0.4 is 5.73 Å². The number of benzene rings is 1. The van der Waals surface area contributed by atoms with Crippen LogP contribution in [-0.4, -0.2) is 11.0 Å². The molecule has 3 nitrogen and oxygen atoms in total. The number of phenols is 1. The molecule has 3 heteroatoms. The van der Waals surface area contributed by atoms with Gasteiger partial charge >= 0.3 is 0 Å². The van der Waals surface area contributed by atoms with Gasteiger partial charge in [-0.05, 0) is 48.4 Å². The Kier molecular flexibility index (Phi) is 3.36. The van der Waals surface area contributed by atoms with Crippen molar-refractivity contribution in [1.29, 1.82) is 0 Å². The van der Waals surface area contributed by atoms with Gasteiger partial charge in [0, 0.05) is 0 Å². The van der Waals surface area contributed by atoms with Crippen LogP contribution in [0.1, 0.15) is 48.3 Å². The van der Waals surface area contributed by atoms with Gasteiger partial charge in [-0.3, -0.25) is 4.79 Å². The summed E-state index contributed by atoms with van der Waals surface area (Å²) in [4.78, 5) is 11.1. The van der Waals surface area contributed by atoms with Crippen molar-refractivity contribution in [1.82, 2.24) is 0 Å². The minimum atomic E-state index is -0.311. The second-order valence-electron chi connectivity index (χ2n) is 4.91. The molecule has 0 aliphatic heterocycles. The molecule has 0 heterocycles. The van der Waals surface area contributed by atoms with Gasteiger partial charge in [0.15, 0.2) is 0 Å². The van der Waals surface area contributed by atoms with Gasteiger partial charge in [-0.2, -0.15) is 0 Å². The van der Waals surface area contributed by atoms with Gasteiger partial charge in [0.2, 0.25) is 5.91 Å². The highest BCUT2D eigenvalue weighted by Crippen LogP contribution is 2.39. The highest BCUT2D eigenvalue weighted by Gasteiger charge is 2.23. The van der Waals surface area contributed by atoms with Crippen molar-refractivity contribution in [3.05, 3.63) is 28.8 Å². The molecule has 1 saturated carbocycles. The molecule has 1 aromatic carbocycles. The number of phenolic OH excluding ortho intramolecular Hbond substituents is 1. The van der Waals surface area contributed by atoms with Crippen molar-refractivity contribution in [3.8, 4) is 5.75 Å². The average molecular weight is 233 g/mol. The first-order chi connectivity index (χ1) is 8.09. The van der Waals surface area contributed by atoms with E-state index in [4.69, 9.17) is 5.73 Å². The molecule has 0 atom stereocenters. The van der Waals surface area contributed by atoms with Crippen LogP contribution in [0.5, 0.6) is 5.75 Å². The van der Waals surface area contributed by atoms with Crippen molar-refractivity contribution in [2.24, 2.45) is 5.73 Å². The third-order valence-corrected chi connectivity index (χ3v) is 3.70.